The Morgan fingerprint density at radius 3 is 3.06 bits per heavy atom. The molecule has 0 saturated carbocycles. The number of aryl methyl sites for hydroxylation is 1. The van der Waals surface area contributed by atoms with Crippen LogP contribution in [0.5, 0.6) is 0 Å². The number of nitrogens with one attached hydrogen (secondary N) is 1. The first-order valence-electron chi connectivity index (χ1n) is 6.31. The van der Waals surface area contributed by atoms with Crippen LogP contribution in [0, 0.1) is 0 Å². The van der Waals surface area contributed by atoms with Gasteiger partial charge in [-0.1, -0.05) is 25.1 Å². The van der Waals surface area contributed by atoms with Crippen molar-refractivity contribution in [2.24, 2.45) is 0 Å². The van der Waals surface area contributed by atoms with Gasteiger partial charge < -0.3 is 9.84 Å². The Balaban J connectivity index is 1.76. The quantitative estimate of drug-likeness (QED) is 0.782. The summed E-state index contributed by atoms with van der Waals surface area (Å²) in [6.07, 6.45) is 2.64. The summed E-state index contributed by atoms with van der Waals surface area (Å²) in [6.45, 7) is 5.28. The van der Waals surface area contributed by atoms with Crippen LogP contribution >= 0.6 is 11.3 Å². The maximum atomic E-state index is 5.24. The van der Waals surface area contributed by atoms with E-state index in [9.17, 15) is 0 Å². The Morgan fingerprint density at radius 2 is 2.33 bits per heavy atom. The van der Waals surface area contributed by atoms with Crippen molar-refractivity contribution >= 4 is 11.3 Å². The highest BCUT2D eigenvalue weighted by molar-refractivity contribution is 7.09. The van der Waals surface area contributed by atoms with E-state index in [0.29, 0.717) is 6.04 Å². The summed E-state index contributed by atoms with van der Waals surface area (Å²) in [6, 6.07) is 4.66. The van der Waals surface area contributed by atoms with E-state index in [1.165, 1.54) is 4.88 Å². The van der Waals surface area contributed by atoms with Gasteiger partial charge in [0.25, 0.3) is 0 Å². The zero-order chi connectivity index (χ0) is 12.8. The minimum absolute atomic E-state index is 0.530. The van der Waals surface area contributed by atoms with E-state index in [2.05, 4.69) is 40.8 Å². The molecule has 0 atom stereocenters. The molecule has 2 aromatic heterocycles. The summed E-state index contributed by atoms with van der Waals surface area (Å²) >= 11 is 1.72. The third kappa shape index (κ3) is 4.23. The van der Waals surface area contributed by atoms with Crippen LogP contribution in [0.2, 0.25) is 0 Å². The number of aromatic nitrogens is 2. The van der Waals surface area contributed by atoms with Gasteiger partial charge in [0.15, 0.2) is 5.82 Å². The molecule has 0 saturated heterocycles. The fourth-order valence-corrected chi connectivity index (χ4v) is 2.36. The largest absolute Gasteiger partial charge is 0.339 e. The molecule has 0 spiro atoms. The highest BCUT2D eigenvalue weighted by Gasteiger charge is 2.07. The van der Waals surface area contributed by atoms with Crippen molar-refractivity contribution in [1.82, 2.24) is 15.5 Å². The minimum Gasteiger partial charge on any atom is -0.339 e. The summed E-state index contributed by atoms with van der Waals surface area (Å²) in [5.74, 6) is 1.52. The van der Waals surface area contributed by atoms with Gasteiger partial charge in [0.1, 0.15) is 0 Å². The van der Waals surface area contributed by atoms with Crippen LogP contribution in [-0.4, -0.2) is 22.7 Å². The molecule has 0 amide bonds. The Labute approximate surface area is 111 Å². The van der Waals surface area contributed by atoms with Gasteiger partial charge in [0.2, 0.25) is 5.89 Å². The van der Waals surface area contributed by atoms with Crippen LogP contribution in [0.3, 0.4) is 0 Å². The second-order valence-electron chi connectivity index (χ2n) is 4.57. The highest BCUT2D eigenvalue weighted by Crippen LogP contribution is 2.13. The summed E-state index contributed by atoms with van der Waals surface area (Å²) in [5.41, 5.74) is 0. The Hall–Kier alpha value is -1.20. The van der Waals surface area contributed by atoms with E-state index in [4.69, 9.17) is 4.52 Å². The van der Waals surface area contributed by atoms with Gasteiger partial charge in [-0.3, -0.25) is 0 Å². The van der Waals surface area contributed by atoms with E-state index in [1.807, 2.05) is 6.07 Å². The maximum Gasteiger partial charge on any atom is 0.226 e. The third-order valence-electron chi connectivity index (χ3n) is 2.54. The van der Waals surface area contributed by atoms with Gasteiger partial charge in [-0.25, -0.2) is 0 Å². The molecule has 2 heterocycles. The van der Waals surface area contributed by atoms with E-state index in [1.54, 1.807) is 11.3 Å². The standard InChI is InChI=1S/C13H19N3OS/c1-10(2)14-7-3-6-13-15-12(16-17-13)9-11-5-4-8-18-11/h4-5,8,10,14H,3,6-7,9H2,1-2H3. The number of hydrogen-bond acceptors (Lipinski definition) is 5. The predicted octanol–water partition coefficient (Wildman–Crippen LogP) is 2.65. The average Bonchev–Trinajstić information content (AvgIpc) is 2.97. The molecule has 0 aliphatic heterocycles. The fraction of sp³-hybridized carbons (Fsp3) is 0.538. The first kappa shape index (κ1) is 13.2. The Morgan fingerprint density at radius 1 is 1.44 bits per heavy atom. The molecule has 5 heteroatoms. The van der Waals surface area contributed by atoms with E-state index < -0.39 is 0 Å². The van der Waals surface area contributed by atoms with Crippen molar-refractivity contribution in [3.8, 4) is 0 Å². The molecule has 0 aromatic carbocycles. The normalized spacial score (nSPS) is 11.3. The Bertz CT molecular complexity index is 451. The van der Waals surface area contributed by atoms with Crippen molar-refractivity contribution in [3.05, 3.63) is 34.1 Å². The number of thiophene rings is 1. The molecular weight excluding hydrogens is 246 g/mol. The molecule has 18 heavy (non-hydrogen) atoms. The van der Waals surface area contributed by atoms with Crippen molar-refractivity contribution in [2.45, 2.75) is 39.2 Å². The molecule has 0 radical (unpaired) electrons. The summed E-state index contributed by atoms with van der Waals surface area (Å²) < 4.78 is 5.24. The van der Waals surface area contributed by atoms with Gasteiger partial charge in [0.05, 0.1) is 0 Å². The first-order chi connectivity index (χ1) is 8.74. The molecule has 1 N–H and O–H groups in total. The van der Waals surface area contributed by atoms with Gasteiger partial charge in [-0.2, -0.15) is 4.98 Å². The lowest BCUT2D eigenvalue weighted by molar-refractivity contribution is 0.369. The van der Waals surface area contributed by atoms with Crippen molar-refractivity contribution < 1.29 is 4.52 Å². The maximum absolute atomic E-state index is 5.24. The second kappa shape index (κ2) is 6.66. The second-order valence-corrected chi connectivity index (χ2v) is 5.61. The molecule has 2 rings (SSSR count). The minimum atomic E-state index is 0.530. The van der Waals surface area contributed by atoms with Gasteiger partial charge in [0, 0.05) is 23.8 Å². The summed E-state index contributed by atoms with van der Waals surface area (Å²) in [5, 5.41) is 9.44. The fourth-order valence-electron chi connectivity index (χ4n) is 1.66. The topological polar surface area (TPSA) is 51.0 Å². The molecular formula is C13H19N3OS. The van der Waals surface area contributed by atoms with Gasteiger partial charge in [-0.15, -0.1) is 11.3 Å². The predicted molar refractivity (Wildman–Crippen MR) is 72.9 cm³/mol. The first-order valence-corrected chi connectivity index (χ1v) is 7.19. The molecule has 0 fully saturated rings. The van der Waals surface area contributed by atoms with Crippen LogP contribution in [0.15, 0.2) is 22.0 Å². The third-order valence-corrected chi connectivity index (χ3v) is 3.42. The molecule has 0 bridgehead atoms. The van der Waals surface area contributed by atoms with E-state index >= 15 is 0 Å². The highest BCUT2D eigenvalue weighted by atomic mass is 32.1. The number of hydrogen-bond donors (Lipinski definition) is 1. The molecule has 4 nitrogen and oxygen atoms in total. The Kier molecular flexibility index (Phi) is 4.90. The van der Waals surface area contributed by atoms with Gasteiger partial charge >= 0.3 is 0 Å². The zero-order valence-corrected chi connectivity index (χ0v) is 11.7. The van der Waals surface area contributed by atoms with Gasteiger partial charge in [-0.05, 0) is 24.4 Å². The van der Waals surface area contributed by atoms with Crippen LogP contribution in [0.1, 0.15) is 36.9 Å². The molecule has 2 aromatic rings. The SMILES string of the molecule is CC(C)NCCCc1nc(Cc2cccs2)no1. The molecule has 0 aliphatic carbocycles. The average molecular weight is 265 g/mol. The van der Waals surface area contributed by atoms with E-state index in [0.717, 1.165) is 37.5 Å². The monoisotopic (exact) mass is 265 g/mol. The van der Waals surface area contributed by atoms with Crippen molar-refractivity contribution in [1.29, 1.82) is 0 Å². The zero-order valence-electron chi connectivity index (χ0n) is 10.8. The van der Waals surface area contributed by atoms with Crippen LogP contribution in [0.4, 0.5) is 0 Å². The smallest absolute Gasteiger partial charge is 0.226 e. The summed E-state index contributed by atoms with van der Waals surface area (Å²) in [4.78, 5) is 5.67. The molecule has 0 unspecified atom stereocenters. The van der Waals surface area contributed by atoms with Crippen molar-refractivity contribution in [3.63, 3.8) is 0 Å². The number of rotatable bonds is 7. The van der Waals surface area contributed by atoms with Crippen molar-refractivity contribution in [2.75, 3.05) is 6.54 Å². The molecule has 98 valence electrons. The summed E-state index contributed by atoms with van der Waals surface area (Å²) in [7, 11) is 0. The van der Waals surface area contributed by atoms with Crippen LogP contribution < -0.4 is 5.32 Å². The van der Waals surface area contributed by atoms with E-state index in [-0.39, 0.29) is 0 Å². The van der Waals surface area contributed by atoms with Crippen LogP contribution in [0.25, 0.3) is 0 Å². The van der Waals surface area contributed by atoms with Crippen LogP contribution in [-0.2, 0) is 12.8 Å². The lowest BCUT2D eigenvalue weighted by Crippen LogP contribution is -2.23. The lowest BCUT2D eigenvalue weighted by atomic mass is 10.3. The number of nitrogens with zero attached hydrogens (tertiary/aromatic N) is 2. The molecule has 0 aliphatic rings. The lowest BCUT2D eigenvalue weighted by Gasteiger charge is -2.05.